The lowest BCUT2D eigenvalue weighted by molar-refractivity contribution is -0.118. The Morgan fingerprint density at radius 3 is 2.68 bits per heavy atom. The topological polar surface area (TPSA) is 85.2 Å². The van der Waals surface area contributed by atoms with E-state index in [1.807, 2.05) is 0 Å². The molecule has 1 amide bonds. The van der Waals surface area contributed by atoms with Crippen LogP contribution in [-0.4, -0.2) is 22.6 Å². The van der Waals surface area contributed by atoms with E-state index < -0.39 is 23.1 Å². The van der Waals surface area contributed by atoms with E-state index >= 15 is 0 Å². The molecule has 1 aliphatic carbocycles. The van der Waals surface area contributed by atoms with E-state index in [9.17, 15) is 13.6 Å². The van der Waals surface area contributed by atoms with Gasteiger partial charge in [-0.1, -0.05) is 5.16 Å². The average Bonchev–Trinajstić information content (AvgIpc) is 3.14. The molecule has 25 heavy (non-hydrogen) atoms. The molecule has 9 heteroatoms. The zero-order valence-corrected chi connectivity index (χ0v) is 14.1. The summed E-state index contributed by atoms with van der Waals surface area (Å²) < 4.78 is 31.7. The number of carbonyl (C=O) groups excluding carboxylic acids is 1. The molecule has 1 atom stereocenters. The van der Waals surface area contributed by atoms with Crippen LogP contribution in [0.15, 0.2) is 22.7 Å². The van der Waals surface area contributed by atoms with Crippen LogP contribution >= 0.6 is 12.4 Å². The number of anilines is 1. The van der Waals surface area contributed by atoms with Crippen molar-refractivity contribution in [3.8, 4) is 0 Å². The second kappa shape index (κ2) is 6.34. The quantitative estimate of drug-likeness (QED) is 0.897. The normalized spacial score (nSPS) is 21.8. The van der Waals surface area contributed by atoms with Crippen molar-refractivity contribution >= 4 is 24.0 Å². The Hall–Kier alpha value is -2.06. The van der Waals surface area contributed by atoms with Gasteiger partial charge in [0.15, 0.2) is 17.5 Å². The fourth-order valence-electron chi connectivity index (χ4n) is 3.18. The van der Waals surface area contributed by atoms with Crippen LogP contribution in [0.1, 0.15) is 43.3 Å². The smallest absolute Gasteiger partial charge is 0.239 e. The summed E-state index contributed by atoms with van der Waals surface area (Å²) in [7, 11) is 0. The number of hydrogen-bond acceptors (Lipinski definition) is 5. The van der Waals surface area contributed by atoms with Crippen molar-refractivity contribution in [2.24, 2.45) is 5.73 Å². The molecule has 134 valence electrons. The molecule has 4 rings (SSSR count). The molecule has 2 aromatic rings. The first-order valence-corrected chi connectivity index (χ1v) is 7.87. The van der Waals surface area contributed by atoms with Gasteiger partial charge in [0.05, 0.1) is 5.54 Å². The lowest BCUT2D eigenvalue weighted by Gasteiger charge is -2.34. The summed E-state index contributed by atoms with van der Waals surface area (Å²) >= 11 is 0. The minimum Gasteiger partial charge on any atom is -0.338 e. The van der Waals surface area contributed by atoms with Gasteiger partial charge in [-0.25, -0.2) is 8.78 Å². The molecule has 2 N–H and O–H groups in total. The van der Waals surface area contributed by atoms with Gasteiger partial charge in [0.1, 0.15) is 5.92 Å². The molecule has 0 radical (unpaired) electrons. The second-order valence-corrected chi connectivity index (χ2v) is 6.40. The van der Waals surface area contributed by atoms with Crippen molar-refractivity contribution in [1.82, 2.24) is 10.1 Å². The highest BCUT2D eigenvalue weighted by molar-refractivity contribution is 5.99. The molecular formula is C16H17ClF2N4O2. The van der Waals surface area contributed by atoms with E-state index in [1.54, 1.807) is 0 Å². The molecule has 6 nitrogen and oxygen atoms in total. The minimum atomic E-state index is -0.987. The Bertz CT molecular complexity index is 809. The van der Waals surface area contributed by atoms with E-state index in [2.05, 4.69) is 10.1 Å². The van der Waals surface area contributed by atoms with Gasteiger partial charge in [-0.05, 0) is 37.8 Å². The van der Waals surface area contributed by atoms with Crippen molar-refractivity contribution in [2.75, 3.05) is 11.4 Å². The molecule has 0 bridgehead atoms. The lowest BCUT2D eigenvalue weighted by Crippen LogP contribution is -2.44. The first-order chi connectivity index (χ1) is 11.5. The van der Waals surface area contributed by atoms with Gasteiger partial charge in [-0.2, -0.15) is 4.98 Å². The summed E-state index contributed by atoms with van der Waals surface area (Å²) in [4.78, 5) is 18.3. The fraction of sp³-hybridized carbons (Fsp3) is 0.438. The zero-order chi connectivity index (χ0) is 16.9. The number of nitrogens with two attached hydrogens (primary N) is 1. The molecule has 1 aromatic heterocycles. The summed E-state index contributed by atoms with van der Waals surface area (Å²) in [6.07, 6.45) is 3.08. The van der Waals surface area contributed by atoms with Gasteiger partial charge < -0.3 is 15.2 Å². The molecule has 1 unspecified atom stereocenters. The third-order valence-corrected chi connectivity index (χ3v) is 4.85. The molecule has 1 aliphatic heterocycles. The summed E-state index contributed by atoms with van der Waals surface area (Å²) in [6, 6.07) is 3.39. The van der Waals surface area contributed by atoms with Crippen molar-refractivity contribution < 1.29 is 18.1 Å². The Kier molecular flexibility index (Phi) is 4.51. The van der Waals surface area contributed by atoms with Gasteiger partial charge in [-0.3, -0.25) is 4.79 Å². The standard InChI is InChI=1S/C16H16F2N4O2.ClH/c17-11-3-2-9(8-12(11)18)22-7-4-10(14(22)23)13-20-15(21-24-13)16(19)5-1-6-16;/h2-3,8,10H,1,4-7,19H2;1H. The van der Waals surface area contributed by atoms with Gasteiger partial charge in [0, 0.05) is 18.3 Å². The average molecular weight is 371 g/mol. The summed E-state index contributed by atoms with van der Waals surface area (Å²) in [5.74, 6) is -2.12. The van der Waals surface area contributed by atoms with Crippen molar-refractivity contribution in [1.29, 1.82) is 0 Å². The molecule has 2 heterocycles. The fourth-order valence-corrected chi connectivity index (χ4v) is 3.18. The van der Waals surface area contributed by atoms with E-state index in [4.69, 9.17) is 10.3 Å². The van der Waals surface area contributed by atoms with Crippen LogP contribution in [0.2, 0.25) is 0 Å². The van der Waals surface area contributed by atoms with Crippen LogP contribution < -0.4 is 10.6 Å². The monoisotopic (exact) mass is 370 g/mol. The SMILES string of the molecule is Cl.NC1(c2noc(C3CCN(c4ccc(F)c(F)c4)C3=O)n2)CCC1. The van der Waals surface area contributed by atoms with E-state index in [0.717, 1.165) is 31.4 Å². The number of aromatic nitrogens is 2. The summed E-state index contributed by atoms with van der Waals surface area (Å²) in [5, 5.41) is 3.92. The van der Waals surface area contributed by atoms with Gasteiger partial charge >= 0.3 is 0 Å². The van der Waals surface area contributed by atoms with Gasteiger partial charge in [-0.15, -0.1) is 12.4 Å². The van der Waals surface area contributed by atoms with Crippen molar-refractivity contribution in [3.63, 3.8) is 0 Å². The van der Waals surface area contributed by atoms with Crippen LogP contribution in [0.5, 0.6) is 0 Å². The lowest BCUT2D eigenvalue weighted by atomic mass is 9.77. The second-order valence-electron chi connectivity index (χ2n) is 6.40. The highest BCUT2D eigenvalue weighted by Gasteiger charge is 2.42. The van der Waals surface area contributed by atoms with Crippen LogP contribution in [0.3, 0.4) is 0 Å². The number of hydrogen-bond donors (Lipinski definition) is 1. The number of rotatable bonds is 3. The maximum Gasteiger partial charge on any atom is 0.239 e. The van der Waals surface area contributed by atoms with Crippen LogP contribution in [-0.2, 0) is 10.3 Å². The largest absolute Gasteiger partial charge is 0.338 e. The van der Waals surface area contributed by atoms with E-state index in [1.165, 1.54) is 11.0 Å². The predicted octanol–water partition coefficient (Wildman–Crippen LogP) is 2.63. The molecule has 0 spiro atoms. The maximum absolute atomic E-state index is 13.4. The number of nitrogens with zero attached hydrogens (tertiary/aromatic N) is 3. The Morgan fingerprint density at radius 1 is 1.28 bits per heavy atom. The van der Waals surface area contributed by atoms with Crippen LogP contribution in [0, 0.1) is 11.6 Å². The number of halogens is 3. The number of benzene rings is 1. The number of amides is 1. The minimum absolute atomic E-state index is 0. The summed E-state index contributed by atoms with van der Waals surface area (Å²) in [5.41, 5.74) is 5.93. The Labute approximate surface area is 148 Å². The highest BCUT2D eigenvalue weighted by Crippen LogP contribution is 2.38. The Balaban J connectivity index is 0.00000182. The molecule has 2 aliphatic rings. The van der Waals surface area contributed by atoms with E-state index in [-0.39, 0.29) is 24.2 Å². The van der Waals surface area contributed by atoms with Crippen molar-refractivity contribution in [2.45, 2.75) is 37.1 Å². The molecule has 1 aromatic carbocycles. The third kappa shape index (κ3) is 2.89. The highest BCUT2D eigenvalue weighted by atomic mass is 35.5. The molecule has 1 saturated heterocycles. The van der Waals surface area contributed by atoms with Crippen LogP contribution in [0.4, 0.5) is 14.5 Å². The Morgan fingerprint density at radius 2 is 2.04 bits per heavy atom. The molecule has 2 fully saturated rings. The van der Waals surface area contributed by atoms with Gasteiger partial charge in [0.2, 0.25) is 11.8 Å². The third-order valence-electron chi connectivity index (χ3n) is 4.85. The maximum atomic E-state index is 13.4. The van der Waals surface area contributed by atoms with Crippen LogP contribution in [0.25, 0.3) is 0 Å². The summed E-state index contributed by atoms with van der Waals surface area (Å²) in [6.45, 7) is 0.375. The number of carbonyl (C=O) groups is 1. The molecular weight excluding hydrogens is 354 g/mol. The van der Waals surface area contributed by atoms with Gasteiger partial charge in [0.25, 0.3) is 0 Å². The zero-order valence-electron chi connectivity index (χ0n) is 13.2. The van der Waals surface area contributed by atoms with Crippen molar-refractivity contribution in [3.05, 3.63) is 41.5 Å². The first kappa shape index (κ1) is 17.8. The first-order valence-electron chi connectivity index (χ1n) is 7.87. The molecule has 1 saturated carbocycles. The predicted molar refractivity (Wildman–Crippen MR) is 87.3 cm³/mol. The van der Waals surface area contributed by atoms with E-state index in [0.29, 0.717) is 24.5 Å².